The Balaban J connectivity index is 2.07. The van der Waals surface area contributed by atoms with Gasteiger partial charge in [0.15, 0.2) is 11.5 Å². The zero-order chi connectivity index (χ0) is 16.1. The Bertz CT molecular complexity index is 623. The molecule has 0 aliphatic heterocycles. The predicted molar refractivity (Wildman–Crippen MR) is 90.5 cm³/mol. The molecule has 2 nitrogen and oxygen atoms in total. The van der Waals surface area contributed by atoms with Gasteiger partial charge in [0, 0.05) is 11.1 Å². The maximum Gasteiger partial charge on any atom is 0.161 e. The third kappa shape index (κ3) is 2.43. The first kappa shape index (κ1) is 15.5. The smallest absolute Gasteiger partial charge is 0.161 e. The first-order valence-electron chi connectivity index (χ1n) is 8.56. The van der Waals surface area contributed by atoms with Gasteiger partial charge in [0.05, 0.1) is 0 Å². The Kier molecular flexibility index (Phi) is 3.74. The minimum atomic E-state index is 0.0860. The molecule has 3 rings (SSSR count). The average Bonchev–Trinajstić information content (AvgIpc) is 2.62. The molecule has 0 saturated carbocycles. The highest BCUT2D eigenvalue weighted by atomic mass is 16.3. The van der Waals surface area contributed by atoms with E-state index in [-0.39, 0.29) is 17.4 Å². The summed E-state index contributed by atoms with van der Waals surface area (Å²) >= 11 is 0. The maximum absolute atomic E-state index is 10.5. The molecule has 2 heteroatoms. The van der Waals surface area contributed by atoms with Gasteiger partial charge >= 0.3 is 0 Å². The Morgan fingerprint density at radius 3 is 2.59 bits per heavy atom. The first-order valence-corrected chi connectivity index (χ1v) is 8.56. The van der Waals surface area contributed by atoms with E-state index in [0.717, 1.165) is 36.8 Å². The number of allylic oxidation sites excluding steroid dienone is 2. The van der Waals surface area contributed by atoms with Crippen LogP contribution in [0, 0.1) is 11.3 Å². The van der Waals surface area contributed by atoms with E-state index in [1.807, 2.05) is 0 Å². The van der Waals surface area contributed by atoms with Gasteiger partial charge in [-0.3, -0.25) is 0 Å². The van der Waals surface area contributed by atoms with E-state index < -0.39 is 0 Å². The molecule has 0 saturated heterocycles. The molecule has 120 valence electrons. The molecule has 2 N–H and O–H groups in total. The molecule has 2 aliphatic carbocycles. The molecule has 1 aromatic carbocycles. The molecule has 1 atom stereocenters. The van der Waals surface area contributed by atoms with Crippen molar-refractivity contribution in [2.24, 2.45) is 11.3 Å². The molecule has 0 fully saturated rings. The number of aromatic hydroxyl groups is 2. The lowest BCUT2D eigenvalue weighted by Crippen LogP contribution is -2.29. The number of fused-ring (bicyclic) bond motifs is 2. The van der Waals surface area contributed by atoms with Crippen LogP contribution < -0.4 is 0 Å². The fourth-order valence-electron chi connectivity index (χ4n) is 4.36. The Hall–Kier alpha value is -1.44. The molecule has 0 amide bonds. The molecular formula is C20H28O2. The third-order valence-corrected chi connectivity index (χ3v) is 5.79. The zero-order valence-corrected chi connectivity index (χ0v) is 14.2. The second kappa shape index (κ2) is 5.33. The highest BCUT2D eigenvalue weighted by Crippen LogP contribution is 2.49. The summed E-state index contributed by atoms with van der Waals surface area (Å²) < 4.78 is 0. The van der Waals surface area contributed by atoms with E-state index in [1.165, 1.54) is 17.6 Å². The minimum Gasteiger partial charge on any atom is -0.504 e. The third-order valence-electron chi connectivity index (χ3n) is 5.79. The van der Waals surface area contributed by atoms with Gasteiger partial charge in [0.25, 0.3) is 0 Å². The number of hydrogen-bond donors (Lipinski definition) is 2. The largest absolute Gasteiger partial charge is 0.504 e. The predicted octanol–water partition coefficient (Wildman–Crippen LogP) is 5.07. The van der Waals surface area contributed by atoms with E-state index in [9.17, 15) is 10.2 Å². The second-order valence-electron chi connectivity index (χ2n) is 8.03. The summed E-state index contributed by atoms with van der Waals surface area (Å²) in [6.45, 7) is 8.86. The van der Waals surface area contributed by atoms with Crippen LogP contribution in [-0.4, -0.2) is 10.2 Å². The van der Waals surface area contributed by atoms with E-state index in [4.69, 9.17) is 0 Å². The van der Waals surface area contributed by atoms with E-state index in [0.29, 0.717) is 11.3 Å². The summed E-state index contributed by atoms with van der Waals surface area (Å²) in [5, 5.41) is 20.9. The van der Waals surface area contributed by atoms with Crippen molar-refractivity contribution in [2.45, 2.75) is 65.7 Å². The van der Waals surface area contributed by atoms with Gasteiger partial charge in [-0.2, -0.15) is 0 Å². The molecule has 0 spiro atoms. The Morgan fingerprint density at radius 2 is 1.91 bits per heavy atom. The molecule has 1 aromatic rings. The summed E-state index contributed by atoms with van der Waals surface area (Å²) in [6.07, 6.45) is 7.68. The summed E-state index contributed by atoms with van der Waals surface area (Å²) in [6, 6.07) is 2.12. The Morgan fingerprint density at radius 1 is 1.18 bits per heavy atom. The Labute approximate surface area is 133 Å². The van der Waals surface area contributed by atoms with E-state index >= 15 is 0 Å². The van der Waals surface area contributed by atoms with Crippen LogP contribution >= 0.6 is 0 Å². The van der Waals surface area contributed by atoms with Gasteiger partial charge in [0.2, 0.25) is 0 Å². The number of phenolic OH excluding ortho intramolecular Hbond substituents is 2. The van der Waals surface area contributed by atoms with Crippen LogP contribution in [0.3, 0.4) is 0 Å². The van der Waals surface area contributed by atoms with Crippen molar-refractivity contribution in [3.63, 3.8) is 0 Å². The van der Waals surface area contributed by atoms with Crippen LogP contribution in [-0.2, 0) is 12.8 Å². The normalized spacial score (nSPS) is 23.5. The van der Waals surface area contributed by atoms with Crippen LogP contribution in [0.15, 0.2) is 17.7 Å². The average molecular weight is 300 g/mol. The number of aryl methyl sites for hydroxylation is 1. The second-order valence-corrected chi connectivity index (χ2v) is 8.03. The molecule has 1 unspecified atom stereocenters. The van der Waals surface area contributed by atoms with Crippen molar-refractivity contribution >= 4 is 0 Å². The lowest BCUT2D eigenvalue weighted by Gasteiger charge is -2.39. The standard InChI is InChI=1S/C20H28O2/c1-12(2)15-10-13-7-8-17-14(6-5-9-20(17,3)4)11-16(13)19(22)18(15)21/h6,10,12,17,21-22H,5,7-9,11H2,1-4H3. The van der Waals surface area contributed by atoms with Crippen molar-refractivity contribution < 1.29 is 10.2 Å². The van der Waals surface area contributed by atoms with Gasteiger partial charge in [-0.15, -0.1) is 0 Å². The highest BCUT2D eigenvalue weighted by molar-refractivity contribution is 5.57. The van der Waals surface area contributed by atoms with Crippen molar-refractivity contribution in [3.8, 4) is 11.5 Å². The summed E-state index contributed by atoms with van der Waals surface area (Å²) in [5.74, 6) is 1.02. The van der Waals surface area contributed by atoms with E-state index in [1.54, 1.807) is 0 Å². The fourth-order valence-corrected chi connectivity index (χ4v) is 4.36. The van der Waals surface area contributed by atoms with Crippen LogP contribution in [0.2, 0.25) is 0 Å². The maximum atomic E-state index is 10.5. The van der Waals surface area contributed by atoms with Crippen molar-refractivity contribution in [3.05, 3.63) is 34.4 Å². The minimum absolute atomic E-state index is 0.0860. The monoisotopic (exact) mass is 300 g/mol. The summed E-state index contributed by atoms with van der Waals surface area (Å²) in [4.78, 5) is 0. The molecule has 0 bridgehead atoms. The van der Waals surface area contributed by atoms with Gasteiger partial charge < -0.3 is 10.2 Å². The van der Waals surface area contributed by atoms with Gasteiger partial charge in [-0.05, 0) is 54.9 Å². The topological polar surface area (TPSA) is 40.5 Å². The SMILES string of the molecule is CC(C)c1cc2c(c(O)c1O)CC1=CCCC(C)(C)C1CC2. The number of benzene rings is 1. The molecule has 2 aliphatic rings. The van der Waals surface area contributed by atoms with Gasteiger partial charge in [-0.1, -0.05) is 45.4 Å². The molecule has 0 heterocycles. The lowest BCUT2D eigenvalue weighted by molar-refractivity contribution is 0.203. The van der Waals surface area contributed by atoms with Crippen LogP contribution in [0.5, 0.6) is 11.5 Å². The molecule has 0 aromatic heterocycles. The van der Waals surface area contributed by atoms with Crippen molar-refractivity contribution in [1.82, 2.24) is 0 Å². The molecule has 0 radical (unpaired) electrons. The van der Waals surface area contributed by atoms with E-state index in [2.05, 4.69) is 39.8 Å². The molecule has 22 heavy (non-hydrogen) atoms. The van der Waals surface area contributed by atoms with Crippen LogP contribution in [0.1, 0.15) is 69.6 Å². The van der Waals surface area contributed by atoms with Crippen LogP contribution in [0.25, 0.3) is 0 Å². The summed E-state index contributed by atoms with van der Waals surface area (Å²) in [5.41, 5.74) is 4.85. The quantitative estimate of drug-likeness (QED) is 0.561. The molecular weight excluding hydrogens is 272 g/mol. The number of phenols is 2. The number of hydrogen-bond acceptors (Lipinski definition) is 2. The highest BCUT2D eigenvalue weighted by Gasteiger charge is 2.36. The first-order chi connectivity index (χ1) is 10.3. The summed E-state index contributed by atoms with van der Waals surface area (Å²) in [7, 11) is 0. The lowest BCUT2D eigenvalue weighted by atomic mass is 9.66. The number of rotatable bonds is 1. The van der Waals surface area contributed by atoms with Gasteiger partial charge in [-0.25, -0.2) is 0 Å². The van der Waals surface area contributed by atoms with Crippen molar-refractivity contribution in [1.29, 1.82) is 0 Å². The fraction of sp³-hybridized carbons (Fsp3) is 0.600. The van der Waals surface area contributed by atoms with Crippen LogP contribution in [0.4, 0.5) is 0 Å². The zero-order valence-electron chi connectivity index (χ0n) is 14.2. The van der Waals surface area contributed by atoms with Gasteiger partial charge in [0.1, 0.15) is 0 Å². The van der Waals surface area contributed by atoms with Crippen molar-refractivity contribution in [2.75, 3.05) is 0 Å².